The van der Waals surface area contributed by atoms with Gasteiger partial charge in [0.05, 0.1) is 18.4 Å². The van der Waals surface area contributed by atoms with Crippen LogP contribution in [0.1, 0.15) is 19.3 Å². The van der Waals surface area contributed by atoms with Crippen molar-refractivity contribution < 1.29 is 9.50 Å². The number of nitrogens with one attached hydrogen (secondary N) is 2. The zero-order valence-electron chi connectivity index (χ0n) is 16.0. The average Bonchev–Trinajstić information content (AvgIpc) is 3.41. The molecule has 8 nitrogen and oxygen atoms in total. The molecule has 0 spiro atoms. The van der Waals surface area contributed by atoms with E-state index in [2.05, 4.69) is 30.7 Å². The lowest BCUT2D eigenvalue weighted by Crippen LogP contribution is -2.55. The predicted octanol–water partition coefficient (Wildman–Crippen LogP) is 2.30. The van der Waals surface area contributed by atoms with Gasteiger partial charge in [0.25, 0.3) is 0 Å². The molecule has 2 aliphatic heterocycles. The minimum Gasteiger partial charge on any atom is -0.507 e. The molecule has 29 heavy (non-hydrogen) atoms. The number of aromatic hydroxyl groups is 1. The zero-order valence-corrected chi connectivity index (χ0v) is 16.0. The van der Waals surface area contributed by atoms with Gasteiger partial charge in [0.1, 0.15) is 17.6 Å². The first-order valence-electron chi connectivity index (χ1n) is 9.75. The first-order valence-corrected chi connectivity index (χ1v) is 9.75. The van der Waals surface area contributed by atoms with Crippen molar-refractivity contribution in [3.8, 4) is 28.1 Å². The van der Waals surface area contributed by atoms with Crippen LogP contribution in [0.4, 0.5) is 10.3 Å². The number of hydrogen-bond acceptors (Lipinski definition) is 7. The molecule has 2 aliphatic rings. The zero-order chi connectivity index (χ0) is 20.0. The standard InChI is InChI=1S/C20H22FN7O/c1-28(17-7-13-3-5-15(25-13)19(17)21)20-22-10-16(26-27-20)14-4-2-11(6-18(14)29)12-8-23-24-9-12/h2,4,6,8-10,13,15,17,19,25,29H,3,5,7H2,1H3,(H,23,24)/t13?,15?,17-,19+/m0/s1. The highest BCUT2D eigenvalue weighted by molar-refractivity contribution is 5.73. The van der Waals surface area contributed by atoms with Gasteiger partial charge in [0.15, 0.2) is 0 Å². The van der Waals surface area contributed by atoms with Crippen LogP contribution >= 0.6 is 0 Å². The van der Waals surface area contributed by atoms with E-state index in [0.29, 0.717) is 23.2 Å². The number of anilines is 1. The van der Waals surface area contributed by atoms with Crippen LogP contribution in [-0.4, -0.2) is 61.8 Å². The number of H-pyrrole nitrogens is 1. The number of benzene rings is 1. The van der Waals surface area contributed by atoms with Gasteiger partial charge < -0.3 is 15.3 Å². The van der Waals surface area contributed by atoms with Crippen LogP contribution in [0.3, 0.4) is 0 Å². The number of halogens is 1. The van der Waals surface area contributed by atoms with Crippen molar-refractivity contribution >= 4 is 5.95 Å². The summed E-state index contributed by atoms with van der Waals surface area (Å²) in [6.45, 7) is 0. The smallest absolute Gasteiger partial charge is 0.245 e. The van der Waals surface area contributed by atoms with Gasteiger partial charge >= 0.3 is 0 Å². The molecule has 2 saturated heterocycles. The highest BCUT2D eigenvalue weighted by atomic mass is 19.1. The van der Waals surface area contributed by atoms with Crippen LogP contribution in [0, 0.1) is 0 Å². The summed E-state index contributed by atoms with van der Waals surface area (Å²) in [5, 5.41) is 28.9. The van der Waals surface area contributed by atoms with Crippen molar-refractivity contribution in [2.45, 2.75) is 43.6 Å². The summed E-state index contributed by atoms with van der Waals surface area (Å²) in [6.07, 6.45) is 6.67. The largest absolute Gasteiger partial charge is 0.507 e. The summed E-state index contributed by atoms with van der Waals surface area (Å²) in [5.41, 5.74) is 2.71. The number of rotatable bonds is 4. The molecule has 2 fully saturated rings. The molecule has 3 N–H and O–H groups in total. The first kappa shape index (κ1) is 18.0. The molecule has 5 rings (SSSR count). The van der Waals surface area contributed by atoms with Crippen LogP contribution in [0.15, 0.2) is 36.8 Å². The Labute approximate surface area is 167 Å². The highest BCUT2D eigenvalue weighted by Crippen LogP contribution is 2.34. The Bertz CT molecular complexity index is 995. The second-order valence-electron chi connectivity index (χ2n) is 7.77. The summed E-state index contributed by atoms with van der Waals surface area (Å²) >= 11 is 0. The Balaban J connectivity index is 1.36. The molecular formula is C20H22FN7O. The fourth-order valence-electron chi connectivity index (χ4n) is 4.39. The maximum Gasteiger partial charge on any atom is 0.245 e. The number of phenolic OH excluding ortho intramolecular Hbond substituents is 1. The molecule has 2 bridgehead atoms. The maximum atomic E-state index is 14.8. The molecule has 3 aromatic rings. The molecule has 0 aliphatic carbocycles. The van der Waals surface area contributed by atoms with Gasteiger partial charge in [0, 0.05) is 36.5 Å². The number of nitrogens with zero attached hydrogens (tertiary/aromatic N) is 5. The van der Waals surface area contributed by atoms with Crippen LogP contribution in [-0.2, 0) is 0 Å². The lowest BCUT2D eigenvalue weighted by atomic mass is 9.97. The van der Waals surface area contributed by atoms with Crippen molar-refractivity contribution in [2.24, 2.45) is 0 Å². The van der Waals surface area contributed by atoms with Crippen LogP contribution in [0.2, 0.25) is 0 Å². The minimum absolute atomic E-state index is 0.0830. The van der Waals surface area contributed by atoms with Crippen LogP contribution in [0.25, 0.3) is 22.4 Å². The summed E-state index contributed by atoms with van der Waals surface area (Å²) in [6, 6.07) is 5.32. The van der Waals surface area contributed by atoms with E-state index in [1.54, 1.807) is 35.6 Å². The number of alkyl halides is 1. The van der Waals surface area contributed by atoms with Crippen molar-refractivity contribution in [1.82, 2.24) is 30.7 Å². The third-order valence-corrected chi connectivity index (χ3v) is 6.02. The molecule has 4 atom stereocenters. The number of aromatic nitrogens is 5. The molecule has 1 aromatic carbocycles. The molecule has 4 heterocycles. The summed E-state index contributed by atoms with van der Waals surface area (Å²) in [5.74, 6) is 0.469. The number of piperidine rings is 1. The molecule has 0 amide bonds. The topological polar surface area (TPSA) is 103 Å². The lowest BCUT2D eigenvalue weighted by molar-refractivity contribution is 0.175. The molecule has 9 heteroatoms. The van der Waals surface area contributed by atoms with Gasteiger partial charge in [-0.05, 0) is 37.0 Å². The van der Waals surface area contributed by atoms with Gasteiger partial charge in [-0.15, -0.1) is 10.2 Å². The molecule has 2 unspecified atom stereocenters. The number of fused-ring (bicyclic) bond motifs is 2. The molecular weight excluding hydrogens is 373 g/mol. The van der Waals surface area contributed by atoms with E-state index in [0.717, 1.165) is 30.4 Å². The molecule has 2 aromatic heterocycles. The van der Waals surface area contributed by atoms with Crippen LogP contribution < -0.4 is 10.2 Å². The fourth-order valence-corrected chi connectivity index (χ4v) is 4.39. The SMILES string of the molecule is CN(c1ncc(-c2ccc(-c3cn[nH]c3)cc2O)nn1)[C@H]1CC2CCC(N2)[C@H]1F. The Kier molecular flexibility index (Phi) is 4.39. The molecule has 150 valence electrons. The monoisotopic (exact) mass is 395 g/mol. The average molecular weight is 395 g/mol. The Morgan fingerprint density at radius 1 is 1.17 bits per heavy atom. The molecule has 0 saturated carbocycles. The quantitative estimate of drug-likeness (QED) is 0.623. The van der Waals surface area contributed by atoms with Crippen molar-refractivity contribution in [1.29, 1.82) is 0 Å². The first-order chi connectivity index (χ1) is 14.1. The van der Waals surface area contributed by atoms with E-state index in [1.807, 2.05) is 13.1 Å². The summed E-state index contributed by atoms with van der Waals surface area (Å²) < 4.78 is 14.8. The van der Waals surface area contributed by atoms with Crippen LogP contribution in [0.5, 0.6) is 5.75 Å². The summed E-state index contributed by atoms with van der Waals surface area (Å²) in [7, 11) is 1.82. The fraction of sp³-hybridized carbons (Fsp3) is 0.400. The number of hydrogen-bond donors (Lipinski definition) is 3. The number of phenols is 1. The minimum atomic E-state index is -0.957. The van der Waals surface area contributed by atoms with Crippen molar-refractivity contribution in [2.75, 3.05) is 11.9 Å². The van der Waals surface area contributed by atoms with E-state index >= 15 is 0 Å². The van der Waals surface area contributed by atoms with Gasteiger partial charge in [-0.25, -0.2) is 9.37 Å². The lowest BCUT2D eigenvalue weighted by Gasteiger charge is -2.38. The predicted molar refractivity (Wildman–Crippen MR) is 106 cm³/mol. The van der Waals surface area contributed by atoms with E-state index in [1.165, 1.54) is 0 Å². The highest BCUT2D eigenvalue weighted by Gasteiger charge is 2.44. The Morgan fingerprint density at radius 2 is 2.07 bits per heavy atom. The van der Waals surface area contributed by atoms with E-state index in [-0.39, 0.29) is 17.8 Å². The van der Waals surface area contributed by atoms with Crippen molar-refractivity contribution in [3.63, 3.8) is 0 Å². The third-order valence-electron chi connectivity index (χ3n) is 6.02. The second kappa shape index (κ2) is 7.07. The van der Waals surface area contributed by atoms with Gasteiger partial charge in [-0.1, -0.05) is 6.07 Å². The van der Waals surface area contributed by atoms with E-state index in [9.17, 15) is 9.50 Å². The van der Waals surface area contributed by atoms with Gasteiger partial charge in [-0.2, -0.15) is 5.10 Å². The summed E-state index contributed by atoms with van der Waals surface area (Å²) in [4.78, 5) is 6.17. The van der Waals surface area contributed by atoms with Crippen molar-refractivity contribution in [3.05, 3.63) is 36.8 Å². The maximum absolute atomic E-state index is 14.8. The normalized spacial score (nSPS) is 25.9. The third kappa shape index (κ3) is 3.21. The Hall–Kier alpha value is -3.07. The van der Waals surface area contributed by atoms with E-state index < -0.39 is 6.17 Å². The molecule has 0 radical (unpaired) electrons. The Morgan fingerprint density at radius 3 is 2.79 bits per heavy atom. The van der Waals surface area contributed by atoms with Gasteiger partial charge in [-0.3, -0.25) is 5.10 Å². The van der Waals surface area contributed by atoms with E-state index in [4.69, 9.17) is 0 Å². The second-order valence-corrected chi connectivity index (χ2v) is 7.77. The number of aromatic amines is 1. The van der Waals surface area contributed by atoms with Gasteiger partial charge in [0.2, 0.25) is 5.95 Å².